The van der Waals surface area contributed by atoms with Gasteiger partial charge >= 0.3 is 21.1 Å². The Bertz CT molecular complexity index is 1270. The topological polar surface area (TPSA) is 253 Å². The number of carbonyl (C=O) groups excluding carboxylic acids is 1. The summed E-state index contributed by atoms with van der Waals surface area (Å²) in [5.41, 5.74) is 4.42. The molecule has 1 aliphatic heterocycles. The summed E-state index contributed by atoms with van der Waals surface area (Å²) in [5.74, 6) is -2.82. The first-order valence-corrected chi connectivity index (χ1v) is 13.3. The number of nitrogens with one attached hydrogen (secondary N) is 1. The van der Waals surface area contributed by atoms with Crippen molar-refractivity contribution >= 4 is 32.8 Å². The average Bonchev–Trinajstić information content (AvgIpc) is 3.04. The van der Waals surface area contributed by atoms with Crippen LogP contribution in [0.15, 0.2) is 41.3 Å². The van der Waals surface area contributed by atoms with Gasteiger partial charge in [-0.1, -0.05) is 12.1 Å². The lowest BCUT2D eigenvalue weighted by molar-refractivity contribution is -0.114. The smallest absolute Gasteiger partial charge is 0.387 e. The van der Waals surface area contributed by atoms with Crippen molar-refractivity contribution < 1.29 is 52.6 Å². The van der Waals surface area contributed by atoms with Gasteiger partial charge in [0.05, 0.1) is 6.61 Å². The molecule has 1 fully saturated rings. The molecule has 8 N–H and O–H groups in total. The van der Waals surface area contributed by atoms with Gasteiger partial charge < -0.3 is 40.7 Å². The Morgan fingerprint density at radius 1 is 1.25 bits per heavy atom. The van der Waals surface area contributed by atoms with Crippen molar-refractivity contribution in [2.24, 2.45) is 0 Å². The summed E-state index contributed by atoms with van der Waals surface area (Å²) in [5, 5.41) is 22.9. The number of nitrogens with zero attached hydrogens (tertiary/aromatic N) is 2. The van der Waals surface area contributed by atoms with Crippen LogP contribution in [0.4, 0.5) is 11.5 Å². The number of amides is 1. The van der Waals surface area contributed by atoms with Gasteiger partial charge in [0.15, 0.2) is 12.1 Å². The van der Waals surface area contributed by atoms with Crippen LogP contribution in [-0.4, -0.2) is 65.3 Å². The number of aromatic nitrogens is 2. The highest BCUT2D eigenvalue weighted by Crippen LogP contribution is 2.61. The number of hydrogen-bond donors (Lipinski definition) is 7. The first-order valence-electron chi connectivity index (χ1n) is 10.1. The molecule has 18 heteroatoms. The maximum atomic E-state index is 12.5. The van der Waals surface area contributed by atoms with Gasteiger partial charge in [-0.2, -0.15) is 4.98 Å². The molecule has 0 aliphatic carbocycles. The molecule has 1 aromatic heterocycles. The molecular weight excluding hydrogens is 526 g/mol. The predicted molar refractivity (Wildman–Crippen MR) is 121 cm³/mol. The summed E-state index contributed by atoms with van der Waals surface area (Å²) in [6.07, 6.45) is -5.08. The predicted octanol–water partition coefficient (Wildman–Crippen LogP) is -0.587. The quantitative estimate of drug-likeness (QED) is 0.193. The normalized spacial score (nSPS) is 24.7. The van der Waals surface area contributed by atoms with Crippen LogP contribution < -0.4 is 16.7 Å². The second kappa shape index (κ2) is 10.9. The number of ether oxygens (including phenoxy) is 1. The number of aliphatic hydroxyl groups excluding tert-OH is 2. The molecule has 1 amide bonds. The Morgan fingerprint density at radius 2 is 1.94 bits per heavy atom. The largest absolute Gasteiger partial charge is 0.473 e. The minimum atomic E-state index is -5.21. The fourth-order valence-corrected chi connectivity index (χ4v) is 5.50. The van der Waals surface area contributed by atoms with Crippen molar-refractivity contribution in [1.29, 1.82) is 0 Å². The fraction of sp³-hybridized carbons (Fsp3) is 0.389. The summed E-state index contributed by atoms with van der Waals surface area (Å²) in [7, 11) is -10.4. The van der Waals surface area contributed by atoms with E-state index in [4.69, 9.17) is 19.5 Å². The molecule has 1 aliphatic rings. The van der Waals surface area contributed by atoms with E-state index in [2.05, 4.69) is 10.3 Å². The Labute approximate surface area is 203 Å². The van der Waals surface area contributed by atoms with E-state index in [9.17, 15) is 43.6 Å². The zero-order valence-electron chi connectivity index (χ0n) is 18.5. The van der Waals surface area contributed by atoms with Gasteiger partial charge in [-0.25, -0.2) is 9.36 Å². The number of nitrogens with two attached hydrogens (primary N) is 1. The Morgan fingerprint density at radius 3 is 2.56 bits per heavy atom. The molecule has 1 saturated heterocycles. The lowest BCUT2D eigenvalue weighted by atomic mass is 10.1. The molecule has 0 radical (unpaired) electrons. The summed E-state index contributed by atoms with van der Waals surface area (Å²) in [4.78, 5) is 56.2. The van der Waals surface area contributed by atoms with Gasteiger partial charge in [0, 0.05) is 18.8 Å². The molecule has 36 heavy (non-hydrogen) atoms. The molecule has 1 aromatic carbocycles. The maximum absolute atomic E-state index is 12.5. The van der Waals surface area contributed by atoms with Gasteiger partial charge in [0.1, 0.15) is 24.1 Å². The Kier molecular flexibility index (Phi) is 8.48. The van der Waals surface area contributed by atoms with E-state index in [0.717, 1.165) is 16.8 Å². The monoisotopic (exact) mass is 550 g/mol. The van der Waals surface area contributed by atoms with Crippen molar-refractivity contribution in [3.05, 3.63) is 52.6 Å². The number of anilines is 2. The first-order chi connectivity index (χ1) is 16.7. The summed E-state index contributed by atoms with van der Waals surface area (Å²) in [6.45, 7) is 0.333. The van der Waals surface area contributed by atoms with E-state index in [1.54, 1.807) is 0 Å². The molecule has 16 nitrogen and oxygen atoms in total. The van der Waals surface area contributed by atoms with Gasteiger partial charge in [-0.15, -0.1) is 0 Å². The van der Waals surface area contributed by atoms with E-state index in [1.165, 1.54) is 31.2 Å². The molecule has 198 valence electrons. The highest BCUT2D eigenvalue weighted by Gasteiger charge is 2.46. The third-order valence-corrected chi connectivity index (χ3v) is 7.03. The molecule has 0 saturated carbocycles. The average molecular weight is 550 g/mol. The van der Waals surface area contributed by atoms with E-state index in [1.807, 2.05) is 0 Å². The zero-order valence-corrected chi connectivity index (χ0v) is 20.3. The number of rotatable bonds is 9. The molecule has 6 atom stereocenters. The number of benzene rings is 1. The highest BCUT2D eigenvalue weighted by atomic mass is 31.2. The van der Waals surface area contributed by atoms with Crippen LogP contribution in [0.1, 0.15) is 24.6 Å². The fourth-order valence-electron chi connectivity index (χ4n) is 3.33. The van der Waals surface area contributed by atoms with Crippen LogP contribution in [0, 0.1) is 0 Å². The molecule has 1 unspecified atom stereocenters. The number of hydrogen-bond acceptors (Lipinski definition) is 11. The molecule has 2 aromatic rings. The Hall–Kier alpha value is -2.49. The van der Waals surface area contributed by atoms with Crippen molar-refractivity contribution in [2.75, 3.05) is 17.7 Å². The van der Waals surface area contributed by atoms with E-state index < -0.39 is 64.0 Å². The SMILES string of the molecule is CC(=O)Nc1cccc([C@@H](OP(=O)(O)OC[C@H]2O[C@@H](n3ccc(N)nc3=O)[C@H](O)[C@@H]2O)P(=O)(O)O)c1. The van der Waals surface area contributed by atoms with Crippen LogP contribution in [0.2, 0.25) is 0 Å². The van der Waals surface area contributed by atoms with Crippen LogP contribution >= 0.6 is 15.4 Å². The van der Waals surface area contributed by atoms with Crippen molar-refractivity contribution in [1.82, 2.24) is 9.55 Å². The van der Waals surface area contributed by atoms with E-state index >= 15 is 0 Å². The number of carbonyl (C=O) groups is 1. The minimum Gasteiger partial charge on any atom is -0.387 e. The molecule has 0 bridgehead atoms. The number of aliphatic hydroxyl groups is 2. The summed E-state index contributed by atoms with van der Waals surface area (Å²) in [6, 6.07) is 6.31. The lowest BCUT2D eigenvalue weighted by Crippen LogP contribution is -2.36. The molecular formula is C18H24N4O12P2. The molecule has 0 spiro atoms. The summed E-state index contributed by atoms with van der Waals surface area (Å²) < 4.78 is 40.2. The van der Waals surface area contributed by atoms with Gasteiger partial charge in [-0.3, -0.25) is 23.0 Å². The maximum Gasteiger partial charge on any atom is 0.473 e. The zero-order chi connectivity index (χ0) is 26.8. The number of phosphoric acid groups is 1. The number of phosphoric ester groups is 1. The first kappa shape index (κ1) is 28.1. The summed E-state index contributed by atoms with van der Waals surface area (Å²) >= 11 is 0. The molecule has 3 rings (SSSR count). The molecule has 2 heterocycles. The lowest BCUT2D eigenvalue weighted by Gasteiger charge is -2.23. The van der Waals surface area contributed by atoms with Gasteiger partial charge in [0.25, 0.3) is 0 Å². The second-order valence-corrected chi connectivity index (χ2v) is 10.8. The standard InChI is InChI=1S/C18H24N4O12P2/c1-9(23)20-11-4-2-3-10(7-11)17(35(27,28)29)34-36(30,31)32-8-12-14(24)15(25)16(33-12)22-6-5-13(19)21-18(22)26/h2-7,12,14-17,24-25H,8H2,1H3,(H,20,23)(H,30,31)(H2,19,21,26)(H2,27,28,29)/t12-,14-,15-,16-,17+/m1/s1. The van der Waals surface area contributed by atoms with Gasteiger partial charge in [-0.05, 0) is 23.8 Å². The third kappa shape index (κ3) is 6.83. The van der Waals surface area contributed by atoms with Crippen molar-refractivity contribution in [3.8, 4) is 0 Å². The van der Waals surface area contributed by atoms with Crippen molar-refractivity contribution in [2.45, 2.75) is 37.3 Å². The Balaban J connectivity index is 1.73. The van der Waals surface area contributed by atoms with Crippen LogP contribution in [-0.2, 0) is 27.7 Å². The van der Waals surface area contributed by atoms with E-state index in [0.29, 0.717) is 0 Å². The van der Waals surface area contributed by atoms with E-state index in [-0.39, 0.29) is 17.1 Å². The van der Waals surface area contributed by atoms with Gasteiger partial charge in [0.2, 0.25) is 5.91 Å². The van der Waals surface area contributed by atoms with Crippen LogP contribution in [0.3, 0.4) is 0 Å². The highest BCUT2D eigenvalue weighted by molar-refractivity contribution is 7.53. The van der Waals surface area contributed by atoms with Crippen LogP contribution in [0.25, 0.3) is 0 Å². The minimum absolute atomic E-state index is 0.0928. The third-order valence-electron chi connectivity index (χ3n) is 4.90. The van der Waals surface area contributed by atoms with Crippen LogP contribution in [0.5, 0.6) is 0 Å². The van der Waals surface area contributed by atoms with Crippen molar-refractivity contribution in [3.63, 3.8) is 0 Å². The number of nitrogen functional groups attached to an aromatic ring is 1. The second-order valence-electron chi connectivity index (χ2n) is 7.71.